The van der Waals surface area contributed by atoms with Crippen molar-refractivity contribution in [1.82, 2.24) is 34.8 Å². The van der Waals surface area contributed by atoms with Crippen LogP contribution in [-0.2, 0) is 12.7 Å². The molecule has 210 valence electrons. The first-order valence-electron chi connectivity index (χ1n) is 12.2. The van der Waals surface area contributed by atoms with Crippen molar-refractivity contribution in [2.75, 3.05) is 26.2 Å². The van der Waals surface area contributed by atoms with Gasteiger partial charge in [-0.3, -0.25) is 13.9 Å². The van der Waals surface area contributed by atoms with Crippen molar-refractivity contribution in [2.45, 2.75) is 26.1 Å². The van der Waals surface area contributed by atoms with Gasteiger partial charge in [0.05, 0.1) is 42.7 Å². The number of phenols is 1. The maximum atomic E-state index is 13.7. The van der Waals surface area contributed by atoms with Gasteiger partial charge in [-0.05, 0) is 31.5 Å². The predicted molar refractivity (Wildman–Crippen MR) is 138 cm³/mol. The molecule has 0 saturated carbocycles. The molecule has 3 heterocycles. The van der Waals surface area contributed by atoms with E-state index < -0.39 is 17.8 Å². The van der Waals surface area contributed by atoms with Crippen LogP contribution in [0.2, 0.25) is 0 Å². The summed E-state index contributed by atoms with van der Waals surface area (Å²) in [6.45, 7) is 2.55. The van der Waals surface area contributed by atoms with E-state index in [-0.39, 0.29) is 53.0 Å². The highest BCUT2D eigenvalue weighted by Crippen LogP contribution is 2.37. The highest BCUT2D eigenvalue weighted by Gasteiger charge is 2.38. The van der Waals surface area contributed by atoms with Crippen molar-refractivity contribution in [2.24, 2.45) is 0 Å². The zero-order chi connectivity index (χ0) is 28.9. The maximum absolute atomic E-state index is 13.7. The summed E-state index contributed by atoms with van der Waals surface area (Å²) in [7, 11) is 0. The fourth-order valence-electron chi connectivity index (χ4n) is 4.07. The van der Waals surface area contributed by atoms with Crippen molar-refractivity contribution >= 4 is 11.6 Å². The topological polar surface area (TPSA) is 139 Å². The SMILES string of the molecule is C#CCNCCCNC(=O)c1c(C)cc(Oc2nccn3c(-c4cn(CCO)nc4C(F)(F)F)cnc23)cc1O. The molecule has 0 fully saturated rings. The number of carbonyl (C=O) groups excluding carboxylic acids is 1. The third-order valence-corrected chi connectivity index (χ3v) is 5.80. The fraction of sp³-hybridized carbons (Fsp3) is 0.308. The first-order chi connectivity index (χ1) is 19.1. The summed E-state index contributed by atoms with van der Waals surface area (Å²) in [4.78, 5) is 20.9. The van der Waals surface area contributed by atoms with Crippen LogP contribution in [0.4, 0.5) is 13.2 Å². The standard InChI is InChI=1S/C26H26F3N7O4/c1-3-5-30-6-4-7-31-24(39)21-16(2)12-17(13-20(21)38)40-25-23-33-14-19(36(23)9-8-32-25)18-15-35(10-11-37)34-22(18)26(27,28)29/h1,8-9,12-15,30,37-38H,4-7,10-11H2,2H3,(H,31,39). The second-order valence-electron chi connectivity index (χ2n) is 8.67. The lowest BCUT2D eigenvalue weighted by atomic mass is 10.1. The van der Waals surface area contributed by atoms with Crippen LogP contribution in [0.15, 0.2) is 36.9 Å². The Labute approximate surface area is 226 Å². The Morgan fingerprint density at radius 2 is 2.05 bits per heavy atom. The number of fused-ring (bicyclic) bond motifs is 1. The summed E-state index contributed by atoms with van der Waals surface area (Å²) in [5.41, 5.74) is -0.656. The number of hydrogen-bond acceptors (Lipinski definition) is 8. The van der Waals surface area contributed by atoms with Crippen molar-refractivity contribution in [3.05, 3.63) is 53.7 Å². The van der Waals surface area contributed by atoms with Gasteiger partial charge in [-0.2, -0.15) is 18.3 Å². The molecule has 4 rings (SSSR count). The molecule has 0 aliphatic rings. The number of phenolic OH excluding ortho intramolecular Hbond substituents is 1. The average molecular weight is 558 g/mol. The number of amides is 1. The molecule has 3 aromatic heterocycles. The maximum Gasteiger partial charge on any atom is 0.435 e. The number of imidazole rings is 1. The zero-order valence-electron chi connectivity index (χ0n) is 21.4. The van der Waals surface area contributed by atoms with E-state index in [0.29, 0.717) is 31.6 Å². The lowest BCUT2D eigenvalue weighted by Gasteiger charge is -2.13. The molecular formula is C26H26F3N7O4. The number of rotatable bonds is 11. The smallest absolute Gasteiger partial charge is 0.435 e. The van der Waals surface area contributed by atoms with Crippen LogP contribution in [-0.4, -0.2) is 66.5 Å². The van der Waals surface area contributed by atoms with Gasteiger partial charge in [0.1, 0.15) is 11.5 Å². The second kappa shape index (κ2) is 12.1. The first-order valence-corrected chi connectivity index (χ1v) is 12.2. The molecule has 4 aromatic rings. The number of aliphatic hydroxyl groups is 1. The van der Waals surface area contributed by atoms with Crippen molar-refractivity contribution < 1.29 is 32.9 Å². The predicted octanol–water partition coefficient (Wildman–Crippen LogP) is 2.75. The Kier molecular flexibility index (Phi) is 8.56. The van der Waals surface area contributed by atoms with Crippen LogP contribution in [0.3, 0.4) is 0 Å². The molecule has 0 aliphatic heterocycles. The number of nitrogens with zero attached hydrogens (tertiary/aromatic N) is 5. The van der Waals surface area contributed by atoms with Crippen LogP contribution < -0.4 is 15.4 Å². The molecule has 40 heavy (non-hydrogen) atoms. The number of alkyl halides is 3. The normalized spacial score (nSPS) is 11.5. The Hall–Kier alpha value is -4.61. The number of halogens is 3. The van der Waals surface area contributed by atoms with E-state index in [1.165, 1.54) is 41.3 Å². The van der Waals surface area contributed by atoms with Gasteiger partial charge in [-0.1, -0.05) is 5.92 Å². The number of benzene rings is 1. The molecule has 0 aliphatic carbocycles. The van der Waals surface area contributed by atoms with E-state index in [1.807, 2.05) is 0 Å². The van der Waals surface area contributed by atoms with Crippen LogP contribution in [0.1, 0.15) is 28.0 Å². The summed E-state index contributed by atoms with van der Waals surface area (Å²) in [6.07, 6.45) is 6.23. The number of terminal acetylenes is 1. The van der Waals surface area contributed by atoms with Crippen molar-refractivity contribution in [1.29, 1.82) is 0 Å². The number of hydrogen-bond donors (Lipinski definition) is 4. The van der Waals surface area contributed by atoms with E-state index in [1.54, 1.807) is 6.92 Å². The lowest BCUT2D eigenvalue weighted by Crippen LogP contribution is -2.28. The van der Waals surface area contributed by atoms with Gasteiger partial charge in [0.2, 0.25) is 5.65 Å². The molecule has 0 radical (unpaired) electrons. The largest absolute Gasteiger partial charge is 0.507 e. The minimum atomic E-state index is -4.74. The van der Waals surface area contributed by atoms with Gasteiger partial charge < -0.3 is 25.6 Å². The quantitative estimate of drug-likeness (QED) is 0.163. The highest BCUT2D eigenvalue weighted by molar-refractivity contribution is 5.98. The van der Waals surface area contributed by atoms with Gasteiger partial charge in [0.15, 0.2) is 5.69 Å². The number of carbonyl (C=O) groups is 1. The molecule has 0 unspecified atom stereocenters. The summed E-state index contributed by atoms with van der Waals surface area (Å²) < 4.78 is 49.3. The minimum absolute atomic E-state index is 0.0412. The van der Waals surface area contributed by atoms with E-state index >= 15 is 0 Å². The van der Waals surface area contributed by atoms with Crippen molar-refractivity contribution in [3.8, 4) is 41.0 Å². The van der Waals surface area contributed by atoms with Crippen LogP contribution in [0.25, 0.3) is 16.9 Å². The third-order valence-electron chi connectivity index (χ3n) is 5.80. The third kappa shape index (κ3) is 6.16. The van der Waals surface area contributed by atoms with Crippen LogP contribution >= 0.6 is 0 Å². The molecule has 1 amide bonds. The van der Waals surface area contributed by atoms with E-state index in [9.17, 15) is 23.1 Å². The molecule has 0 saturated heterocycles. The zero-order valence-corrected chi connectivity index (χ0v) is 21.4. The van der Waals surface area contributed by atoms with Crippen molar-refractivity contribution in [3.63, 3.8) is 0 Å². The minimum Gasteiger partial charge on any atom is -0.507 e. The van der Waals surface area contributed by atoms with Gasteiger partial charge in [-0.15, -0.1) is 6.42 Å². The number of aryl methyl sites for hydroxylation is 1. The Bertz CT molecular complexity index is 1530. The Morgan fingerprint density at radius 3 is 2.75 bits per heavy atom. The molecule has 1 aromatic carbocycles. The summed E-state index contributed by atoms with van der Waals surface area (Å²) in [5.74, 6) is 1.78. The van der Waals surface area contributed by atoms with Crippen LogP contribution in [0.5, 0.6) is 17.4 Å². The monoisotopic (exact) mass is 557 g/mol. The lowest BCUT2D eigenvalue weighted by molar-refractivity contribution is -0.141. The van der Waals surface area contributed by atoms with E-state index in [2.05, 4.69) is 31.6 Å². The average Bonchev–Trinajstić information content (AvgIpc) is 3.51. The number of aromatic nitrogens is 5. The summed E-state index contributed by atoms with van der Waals surface area (Å²) >= 11 is 0. The van der Waals surface area contributed by atoms with Gasteiger partial charge in [0, 0.05) is 31.2 Å². The molecule has 0 spiro atoms. The molecule has 11 nitrogen and oxygen atoms in total. The summed E-state index contributed by atoms with van der Waals surface area (Å²) in [6, 6.07) is 2.77. The first kappa shape index (κ1) is 28.4. The number of nitrogens with one attached hydrogen (secondary N) is 2. The van der Waals surface area contributed by atoms with Gasteiger partial charge in [-0.25, -0.2) is 9.97 Å². The van der Waals surface area contributed by atoms with E-state index in [0.717, 1.165) is 4.68 Å². The Balaban J connectivity index is 1.57. The van der Waals surface area contributed by atoms with Gasteiger partial charge in [0.25, 0.3) is 11.8 Å². The fourth-order valence-corrected chi connectivity index (χ4v) is 4.07. The molecule has 0 atom stereocenters. The van der Waals surface area contributed by atoms with Gasteiger partial charge >= 0.3 is 6.18 Å². The Morgan fingerprint density at radius 1 is 1.25 bits per heavy atom. The highest BCUT2D eigenvalue weighted by atomic mass is 19.4. The molecule has 14 heteroatoms. The number of aromatic hydroxyl groups is 1. The van der Waals surface area contributed by atoms with E-state index in [4.69, 9.17) is 16.3 Å². The molecule has 4 N–H and O–H groups in total. The molecule has 0 bridgehead atoms. The number of ether oxygens (including phenoxy) is 1. The van der Waals surface area contributed by atoms with Crippen LogP contribution in [0, 0.1) is 19.3 Å². The summed E-state index contributed by atoms with van der Waals surface area (Å²) in [5, 5.41) is 29.0. The number of aliphatic hydroxyl groups excluding tert-OH is 1. The molecular weight excluding hydrogens is 531 g/mol. The second-order valence-corrected chi connectivity index (χ2v) is 8.67.